The van der Waals surface area contributed by atoms with E-state index in [1.54, 1.807) is 0 Å². The minimum Gasteiger partial charge on any atom is -0.324 e. The molecule has 15 heavy (non-hydrogen) atoms. The van der Waals surface area contributed by atoms with Crippen LogP contribution in [0.4, 0.5) is 0 Å². The predicted octanol–water partition coefficient (Wildman–Crippen LogP) is 3.86. The summed E-state index contributed by atoms with van der Waals surface area (Å²) < 4.78 is 0. The zero-order valence-electron chi connectivity index (χ0n) is 10.3. The molecule has 1 unspecified atom stereocenters. The van der Waals surface area contributed by atoms with Crippen molar-refractivity contribution in [3.05, 3.63) is 35.4 Å². The van der Waals surface area contributed by atoms with Gasteiger partial charge in [-0.25, -0.2) is 0 Å². The number of hydrogen-bond donors (Lipinski definition) is 1. The first-order chi connectivity index (χ1) is 7.00. The quantitative estimate of drug-likeness (QED) is 0.793. The second-order valence-electron chi connectivity index (χ2n) is 5.06. The molecule has 0 aliphatic carbocycles. The lowest BCUT2D eigenvalue weighted by molar-refractivity contribution is 0.509. The zero-order valence-corrected chi connectivity index (χ0v) is 10.3. The molecule has 0 aromatic heterocycles. The van der Waals surface area contributed by atoms with Crippen LogP contribution in [0.25, 0.3) is 0 Å². The van der Waals surface area contributed by atoms with Gasteiger partial charge in [-0.15, -0.1) is 0 Å². The van der Waals surface area contributed by atoms with Gasteiger partial charge in [0.2, 0.25) is 0 Å². The Morgan fingerprint density at radius 3 is 2.20 bits per heavy atom. The molecule has 0 fully saturated rings. The molecule has 0 saturated carbocycles. The molecule has 2 N–H and O–H groups in total. The van der Waals surface area contributed by atoms with Crippen LogP contribution in [-0.4, -0.2) is 0 Å². The first kappa shape index (κ1) is 12.3. The van der Waals surface area contributed by atoms with E-state index in [0.717, 1.165) is 6.42 Å². The number of hydrogen-bond acceptors (Lipinski definition) is 1. The highest BCUT2D eigenvalue weighted by molar-refractivity contribution is 5.27. The highest BCUT2D eigenvalue weighted by Crippen LogP contribution is 2.22. The standard InChI is InChI=1S/C14H23N/c1-10(2)8-14(15)13-7-5-6-12(9-13)11(3)4/h5-7,9-11,14H,8,15H2,1-4H3. The third kappa shape index (κ3) is 3.67. The third-order valence-electron chi connectivity index (χ3n) is 2.73. The molecule has 1 atom stereocenters. The molecule has 1 aromatic rings. The maximum absolute atomic E-state index is 6.16. The van der Waals surface area contributed by atoms with Crippen molar-refractivity contribution in [2.45, 2.75) is 46.1 Å². The predicted molar refractivity (Wildman–Crippen MR) is 66.9 cm³/mol. The summed E-state index contributed by atoms with van der Waals surface area (Å²) in [7, 11) is 0. The lowest BCUT2D eigenvalue weighted by Crippen LogP contribution is -2.13. The van der Waals surface area contributed by atoms with E-state index >= 15 is 0 Å². The van der Waals surface area contributed by atoms with Crippen LogP contribution in [0.15, 0.2) is 24.3 Å². The summed E-state index contributed by atoms with van der Waals surface area (Å²) in [6.45, 7) is 8.86. The van der Waals surface area contributed by atoms with Gasteiger partial charge in [0.15, 0.2) is 0 Å². The first-order valence-corrected chi connectivity index (χ1v) is 5.86. The van der Waals surface area contributed by atoms with Crippen LogP contribution in [0.2, 0.25) is 0 Å². The monoisotopic (exact) mass is 205 g/mol. The molecular formula is C14H23N. The molecule has 0 saturated heterocycles. The second-order valence-corrected chi connectivity index (χ2v) is 5.06. The van der Waals surface area contributed by atoms with E-state index in [-0.39, 0.29) is 6.04 Å². The maximum atomic E-state index is 6.16. The van der Waals surface area contributed by atoms with Crippen LogP contribution >= 0.6 is 0 Å². The van der Waals surface area contributed by atoms with E-state index in [9.17, 15) is 0 Å². The van der Waals surface area contributed by atoms with Crippen molar-refractivity contribution in [2.24, 2.45) is 11.7 Å². The zero-order chi connectivity index (χ0) is 11.4. The minimum absolute atomic E-state index is 0.184. The van der Waals surface area contributed by atoms with Crippen LogP contribution < -0.4 is 5.73 Å². The Balaban J connectivity index is 2.80. The molecule has 1 nitrogen and oxygen atoms in total. The van der Waals surface area contributed by atoms with Gasteiger partial charge in [-0.05, 0) is 29.4 Å². The fourth-order valence-corrected chi connectivity index (χ4v) is 1.79. The van der Waals surface area contributed by atoms with Gasteiger partial charge in [0.05, 0.1) is 0 Å². The Labute approximate surface area is 93.7 Å². The topological polar surface area (TPSA) is 26.0 Å². The van der Waals surface area contributed by atoms with Crippen molar-refractivity contribution in [3.8, 4) is 0 Å². The van der Waals surface area contributed by atoms with Crippen LogP contribution in [0.1, 0.15) is 57.2 Å². The molecule has 1 heteroatoms. The summed E-state index contributed by atoms with van der Waals surface area (Å²) in [6.07, 6.45) is 1.06. The van der Waals surface area contributed by atoms with Crippen molar-refractivity contribution < 1.29 is 0 Å². The van der Waals surface area contributed by atoms with Crippen molar-refractivity contribution in [3.63, 3.8) is 0 Å². The Hall–Kier alpha value is -0.820. The summed E-state index contributed by atoms with van der Waals surface area (Å²) in [5.41, 5.74) is 8.82. The first-order valence-electron chi connectivity index (χ1n) is 5.86. The van der Waals surface area contributed by atoms with Gasteiger partial charge >= 0.3 is 0 Å². The van der Waals surface area contributed by atoms with Gasteiger partial charge in [0.1, 0.15) is 0 Å². The molecule has 1 aromatic carbocycles. The van der Waals surface area contributed by atoms with Gasteiger partial charge in [-0.3, -0.25) is 0 Å². The lowest BCUT2D eigenvalue weighted by Gasteiger charge is -2.16. The molecule has 0 amide bonds. The minimum atomic E-state index is 0.184. The third-order valence-corrected chi connectivity index (χ3v) is 2.73. The Bertz CT molecular complexity index is 302. The van der Waals surface area contributed by atoms with E-state index in [1.165, 1.54) is 11.1 Å². The van der Waals surface area contributed by atoms with Crippen LogP contribution in [0, 0.1) is 5.92 Å². The average molecular weight is 205 g/mol. The largest absolute Gasteiger partial charge is 0.324 e. The number of nitrogens with two attached hydrogens (primary N) is 1. The summed E-state index contributed by atoms with van der Waals surface area (Å²) in [5, 5.41) is 0. The van der Waals surface area contributed by atoms with E-state index in [0.29, 0.717) is 11.8 Å². The fraction of sp³-hybridized carbons (Fsp3) is 0.571. The summed E-state index contributed by atoms with van der Waals surface area (Å²) in [4.78, 5) is 0. The summed E-state index contributed by atoms with van der Waals surface area (Å²) in [5.74, 6) is 1.24. The molecule has 0 aliphatic heterocycles. The second kappa shape index (κ2) is 5.32. The Kier molecular flexibility index (Phi) is 4.34. The number of benzene rings is 1. The van der Waals surface area contributed by atoms with Gasteiger partial charge in [-0.1, -0.05) is 52.0 Å². The molecule has 0 radical (unpaired) electrons. The molecule has 0 spiro atoms. The van der Waals surface area contributed by atoms with E-state index < -0.39 is 0 Å². The normalized spacial score (nSPS) is 13.5. The summed E-state index contributed by atoms with van der Waals surface area (Å²) >= 11 is 0. The van der Waals surface area contributed by atoms with E-state index in [2.05, 4.69) is 52.0 Å². The van der Waals surface area contributed by atoms with Gasteiger partial charge in [0, 0.05) is 6.04 Å². The van der Waals surface area contributed by atoms with Gasteiger partial charge < -0.3 is 5.73 Å². The SMILES string of the molecule is CC(C)CC(N)c1cccc(C(C)C)c1. The molecule has 84 valence electrons. The van der Waals surface area contributed by atoms with Crippen LogP contribution in [0.3, 0.4) is 0 Å². The van der Waals surface area contributed by atoms with E-state index in [4.69, 9.17) is 5.73 Å². The molecular weight excluding hydrogens is 182 g/mol. The summed E-state index contributed by atoms with van der Waals surface area (Å²) in [6, 6.07) is 8.86. The smallest absolute Gasteiger partial charge is 0.0297 e. The fourth-order valence-electron chi connectivity index (χ4n) is 1.79. The molecule has 0 heterocycles. The van der Waals surface area contributed by atoms with E-state index in [1.807, 2.05) is 0 Å². The Morgan fingerprint density at radius 2 is 1.67 bits per heavy atom. The van der Waals surface area contributed by atoms with Crippen molar-refractivity contribution >= 4 is 0 Å². The molecule has 1 rings (SSSR count). The van der Waals surface area contributed by atoms with Crippen LogP contribution in [-0.2, 0) is 0 Å². The van der Waals surface area contributed by atoms with Crippen molar-refractivity contribution in [1.82, 2.24) is 0 Å². The maximum Gasteiger partial charge on any atom is 0.0297 e. The van der Waals surface area contributed by atoms with Gasteiger partial charge in [0.25, 0.3) is 0 Å². The molecule has 0 bridgehead atoms. The van der Waals surface area contributed by atoms with Gasteiger partial charge in [-0.2, -0.15) is 0 Å². The average Bonchev–Trinajstić information content (AvgIpc) is 2.17. The van der Waals surface area contributed by atoms with Crippen molar-refractivity contribution in [2.75, 3.05) is 0 Å². The van der Waals surface area contributed by atoms with Crippen LogP contribution in [0.5, 0.6) is 0 Å². The lowest BCUT2D eigenvalue weighted by atomic mass is 9.94. The highest BCUT2D eigenvalue weighted by Gasteiger charge is 2.09. The number of rotatable bonds is 4. The van der Waals surface area contributed by atoms with Crippen molar-refractivity contribution in [1.29, 1.82) is 0 Å². The molecule has 0 aliphatic rings. The Morgan fingerprint density at radius 1 is 1.07 bits per heavy atom. The highest BCUT2D eigenvalue weighted by atomic mass is 14.6.